The van der Waals surface area contributed by atoms with Crippen molar-refractivity contribution in [2.45, 2.75) is 38.1 Å². The molecule has 6 heteroatoms. The molecular weight excluding hydrogens is 298 g/mol. The Morgan fingerprint density at radius 1 is 1.32 bits per heavy atom. The molecule has 1 aliphatic heterocycles. The smallest absolute Gasteiger partial charge is 0.242 e. The maximum absolute atomic E-state index is 12.5. The number of thiocarbonyl (C=S) groups is 1. The highest BCUT2D eigenvalue weighted by molar-refractivity contribution is 7.80. The number of rotatable bonds is 3. The maximum atomic E-state index is 12.5. The lowest BCUT2D eigenvalue weighted by Gasteiger charge is -2.30. The second-order valence-corrected chi connectivity index (χ2v) is 6.23. The molecule has 3 rings (SSSR count). The zero-order chi connectivity index (χ0) is 15.5. The largest absolute Gasteiger partial charge is 0.352 e. The van der Waals surface area contributed by atoms with Gasteiger partial charge in [0.15, 0.2) is 0 Å². The average molecular weight is 317 g/mol. The van der Waals surface area contributed by atoms with E-state index >= 15 is 0 Å². The molecule has 0 saturated heterocycles. The van der Waals surface area contributed by atoms with Crippen LogP contribution in [0.3, 0.4) is 0 Å². The topological polar surface area (TPSA) is 61.8 Å². The van der Waals surface area contributed by atoms with Crippen molar-refractivity contribution in [3.63, 3.8) is 0 Å². The van der Waals surface area contributed by atoms with Crippen LogP contribution in [0.4, 0.5) is 0 Å². The third-order valence-corrected chi connectivity index (χ3v) is 4.57. The molecule has 22 heavy (non-hydrogen) atoms. The van der Waals surface area contributed by atoms with Gasteiger partial charge in [-0.1, -0.05) is 37.5 Å². The first-order chi connectivity index (χ1) is 10.6. The van der Waals surface area contributed by atoms with E-state index in [1.165, 1.54) is 11.3 Å². The van der Waals surface area contributed by atoms with E-state index in [2.05, 4.69) is 10.3 Å². The van der Waals surface area contributed by atoms with Crippen molar-refractivity contribution in [2.24, 2.45) is 10.9 Å². The summed E-state index contributed by atoms with van der Waals surface area (Å²) < 4.78 is 0. The lowest BCUT2D eigenvalue weighted by atomic mass is 9.95. The van der Waals surface area contributed by atoms with Gasteiger partial charge in [0, 0.05) is 6.04 Å². The lowest BCUT2D eigenvalue weighted by Crippen LogP contribution is -2.51. The third-order valence-electron chi connectivity index (χ3n) is 4.26. The van der Waals surface area contributed by atoms with Crippen molar-refractivity contribution >= 4 is 34.9 Å². The summed E-state index contributed by atoms with van der Waals surface area (Å²) in [7, 11) is 0. The summed E-state index contributed by atoms with van der Waals surface area (Å²) in [5.41, 5.74) is 0.654. The summed E-state index contributed by atoms with van der Waals surface area (Å²) in [6.07, 6.45) is 12.8. The van der Waals surface area contributed by atoms with E-state index in [-0.39, 0.29) is 29.5 Å². The first-order valence-corrected chi connectivity index (χ1v) is 8.14. The van der Waals surface area contributed by atoms with Crippen molar-refractivity contribution in [2.75, 3.05) is 6.54 Å². The number of carbonyl (C=O) groups excluding carboxylic acids is 2. The van der Waals surface area contributed by atoms with E-state index in [0.29, 0.717) is 5.71 Å². The SMILES string of the molecule is O=C(CN1C(=O)C2C=CC=CC2=NC1=S)NC1CCCCC1. The molecule has 0 bridgehead atoms. The van der Waals surface area contributed by atoms with Gasteiger partial charge in [0.2, 0.25) is 16.9 Å². The van der Waals surface area contributed by atoms with E-state index in [1.54, 1.807) is 12.2 Å². The summed E-state index contributed by atoms with van der Waals surface area (Å²) >= 11 is 5.17. The highest BCUT2D eigenvalue weighted by Crippen LogP contribution is 2.20. The van der Waals surface area contributed by atoms with E-state index in [0.717, 1.165) is 25.7 Å². The first kappa shape index (κ1) is 15.1. The van der Waals surface area contributed by atoms with Crippen LogP contribution in [-0.4, -0.2) is 40.1 Å². The molecule has 1 fully saturated rings. The van der Waals surface area contributed by atoms with Gasteiger partial charge < -0.3 is 5.32 Å². The molecule has 1 saturated carbocycles. The van der Waals surface area contributed by atoms with E-state index < -0.39 is 5.92 Å². The monoisotopic (exact) mass is 317 g/mol. The van der Waals surface area contributed by atoms with Gasteiger partial charge in [0.1, 0.15) is 6.54 Å². The van der Waals surface area contributed by atoms with Crippen LogP contribution >= 0.6 is 12.2 Å². The summed E-state index contributed by atoms with van der Waals surface area (Å²) in [5, 5.41) is 3.18. The molecular formula is C16H19N3O2S. The zero-order valence-corrected chi connectivity index (χ0v) is 13.1. The summed E-state index contributed by atoms with van der Waals surface area (Å²) in [6.45, 7) is -0.0427. The first-order valence-electron chi connectivity index (χ1n) is 7.73. The number of hydrogen-bond donors (Lipinski definition) is 1. The highest BCUT2D eigenvalue weighted by Gasteiger charge is 2.34. The van der Waals surface area contributed by atoms with Crippen LogP contribution in [0.1, 0.15) is 32.1 Å². The second kappa shape index (κ2) is 6.52. The summed E-state index contributed by atoms with van der Waals surface area (Å²) in [6, 6.07) is 0.228. The molecule has 0 aromatic carbocycles. The molecule has 2 amide bonds. The van der Waals surface area contributed by atoms with Gasteiger partial charge in [0.25, 0.3) is 0 Å². The Kier molecular flexibility index (Phi) is 4.47. The molecule has 116 valence electrons. The maximum Gasteiger partial charge on any atom is 0.242 e. The normalized spacial score (nSPS) is 25.0. The lowest BCUT2D eigenvalue weighted by molar-refractivity contribution is -0.133. The van der Waals surface area contributed by atoms with Crippen molar-refractivity contribution in [3.05, 3.63) is 24.3 Å². The van der Waals surface area contributed by atoms with Crippen LogP contribution in [0.25, 0.3) is 0 Å². The Balaban J connectivity index is 1.64. The summed E-state index contributed by atoms with van der Waals surface area (Å²) in [4.78, 5) is 30.3. The minimum atomic E-state index is -0.417. The minimum Gasteiger partial charge on any atom is -0.352 e. The van der Waals surface area contributed by atoms with Gasteiger partial charge in [-0.15, -0.1) is 0 Å². The number of hydrogen-bond acceptors (Lipinski definition) is 3. The molecule has 0 aromatic rings. The molecule has 0 spiro atoms. The molecule has 1 heterocycles. The van der Waals surface area contributed by atoms with Gasteiger partial charge in [0.05, 0.1) is 11.6 Å². The molecule has 0 radical (unpaired) electrons. The molecule has 1 N–H and O–H groups in total. The van der Waals surface area contributed by atoms with Crippen molar-refractivity contribution in [1.29, 1.82) is 0 Å². The number of nitrogens with zero attached hydrogens (tertiary/aromatic N) is 2. The standard InChI is InChI=1S/C16H19N3O2S/c20-14(17-11-6-2-1-3-7-11)10-19-15(21)12-8-4-5-9-13(12)18-16(19)22/h4-5,8-9,11-12H,1-3,6-7,10H2,(H,17,20). The number of fused-ring (bicyclic) bond motifs is 1. The van der Waals surface area contributed by atoms with Crippen LogP contribution in [0.5, 0.6) is 0 Å². The van der Waals surface area contributed by atoms with Gasteiger partial charge in [-0.3, -0.25) is 14.5 Å². The Morgan fingerprint density at radius 3 is 2.86 bits per heavy atom. The molecule has 3 aliphatic rings. The van der Waals surface area contributed by atoms with Crippen LogP contribution in [0, 0.1) is 5.92 Å². The van der Waals surface area contributed by atoms with Gasteiger partial charge >= 0.3 is 0 Å². The fraction of sp³-hybridized carbons (Fsp3) is 0.500. The molecule has 1 unspecified atom stereocenters. The number of aliphatic imine (C=N–C) groups is 1. The van der Waals surface area contributed by atoms with Gasteiger partial charge in [-0.05, 0) is 31.1 Å². The fourth-order valence-corrected chi connectivity index (χ4v) is 3.35. The zero-order valence-electron chi connectivity index (χ0n) is 12.3. The number of amides is 2. The Bertz CT molecular complexity index is 588. The van der Waals surface area contributed by atoms with Gasteiger partial charge in [-0.2, -0.15) is 0 Å². The number of allylic oxidation sites excluding steroid dienone is 3. The fourth-order valence-electron chi connectivity index (χ4n) is 3.09. The van der Waals surface area contributed by atoms with E-state index in [4.69, 9.17) is 12.2 Å². The number of carbonyl (C=O) groups is 2. The second-order valence-electron chi connectivity index (χ2n) is 5.87. The van der Waals surface area contributed by atoms with Gasteiger partial charge in [-0.25, -0.2) is 4.99 Å². The summed E-state index contributed by atoms with van der Waals surface area (Å²) in [5.74, 6) is -0.745. The number of nitrogens with one attached hydrogen (secondary N) is 1. The predicted molar refractivity (Wildman–Crippen MR) is 88.5 cm³/mol. The quantitative estimate of drug-likeness (QED) is 0.807. The average Bonchev–Trinajstić information content (AvgIpc) is 2.52. The van der Waals surface area contributed by atoms with Crippen LogP contribution in [-0.2, 0) is 9.59 Å². The van der Waals surface area contributed by atoms with E-state index in [9.17, 15) is 9.59 Å². The predicted octanol–water partition coefficient (Wildman–Crippen LogP) is 1.75. The van der Waals surface area contributed by atoms with Crippen LogP contribution in [0.2, 0.25) is 0 Å². The van der Waals surface area contributed by atoms with E-state index in [1.807, 2.05) is 12.2 Å². The molecule has 0 aromatic heterocycles. The molecule has 5 nitrogen and oxygen atoms in total. The van der Waals surface area contributed by atoms with Crippen molar-refractivity contribution in [1.82, 2.24) is 10.2 Å². The molecule has 2 aliphatic carbocycles. The van der Waals surface area contributed by atoms with Crippen molar-refractivity contribution < 1.29 is 9.59 Å². The van der Waals surface area contributed by atoms with Crippen LogP contribution < -0.4 is 5.32 Å². The minimum absolute atomic E-state index is 0.0427. The van der Waals surface area contributed by atoms with Crippen molar-refractivity contribution in [3.8, 4) is 0 Å². The Morgan fingerprint density at radius 2 is 2.09 bits per heavy atom. The highest BCUT2D eigenvalue weighted by atomic mass is 32.1. The Hall–Kier alpha value is -1.82. The van der Waals surface area contributed by atoms with Crippen LogP contribution in [0.15, 0.2) is 29.3 Å². The molecule has 1 atom stereocenters. The third kappa shape index (κ3) is 3.16. The Labute approximate surface area is 135 Å².